The van der Waals surface area contributed by atoms with E-state index in [1.54, 1.807) is 24.3 Å². The van der Waals surface area contributed by atoms with Crippen LogP contribution in [0.4, 0.5) is 0 Å². The van der Waals surface area contributed by atoms with E-state index in [1.807, 2.05) is 6.92 Å². The Bertz CT molecular complexity index is 486. The van der Waals surface area contributed by atoms with Gasteiger partial charge in [0.1, 0.15) is 0 Å². The lowest BCUT2D eigenvalue weighted by Gasteiger charge is -2.33. The van der Waals surface area contributed by atoms with Crippen molar-refractivity contribution in [3.8, 4) is 0 Å². The highest BCUT2D eigenvalue weighted by Gasteiger charge is 2.30. The number of benzene rings is 1. The van der Waals surface area contributed by atoms with Crippen molar-refractivity contribution < 1.29 is 17.7 Å². The fraction of sp³-hybridized carbons (Fsp3) is 0.538. The second kappa shape index (κ2) is 5.38. The van der Waals surface area contributed by atoms with Crippen molar-refractivity contribution in [1.82, 2.24) is 0 Å². The number of aliphatic hydroxyl groups excluding tert-OH is 1. The van der Waals surface area contributed by atoms with E-state index < -0.39 is 10.1 Å². The molecule has 0 aliphatic heterocycles. The zero-order chi connectivity index (χ0) is 13.2. The average Bonchev–Trinajstić information content (AvgIpc) is 2.28. The fourth-order valence-corrected chi connectivity index (χ4v) is 3.09. The van der Waals surface area contributed by atoms with Crippen molar-refractivity contribution in [1.29, 1.82) is 0 Å². The number of aryl methyl sites for hydroxylation is 1. The molecule has 2 rings (SSSR count). The Morgan fingerprint density at radius 1 is 1.22 bits per heavy atom. The minimum absolute atomic E-state index is 0.182. The van der Waals surface area contributed by atoms with Crippen molar-refractivity contribution in [2.45, 2.75) is 24.7 Å². The van der Waals surface area contributed by atoms with Crippen molar-refractivity contribution in [3.63, 3.8) is 0 Å². The number of aliphatic hydroxyl groups is 1. The molecule has 0 radical (unpaired) electrons. The topological polar surface area (TPSA) is 63.6 Å². The van der Waals surface area contributed by atoms with E-state index in [9.17, 15) is 8.42 Å². The zero-order valence-electron chi connectivity index (χ0n) is 10.4. The van der Waals surface area contributed by atoms with Crippen molar-refractivity contribution in [2.24, 2.45) is 11.8 Å². The molecule has 5 heteroatoms. The molecular weight excluding hydrogens is 252 g/mol. The zero-order valence-corrected chi connectivity index (χ0v) is 11.2. The lowest BCUT2D eigenvalue weighted by Crippen LogP contribution is -2.30. The summed E-state index contributed by atoms with van der Waals surface area (Å²) in [7, 11) is -3.64. The van der Waals surface area contributed by atoms with Gasteiger partial charge in [-0.15, -0.1) is 0 Å². The highest BCUT2D eigenvalue weighted by Crippen LogP contribution is 2.33. The van der Waals surface area contributed by atoms with E-state index in [4.69, 9.17) is 9.29 Å². The van der Waals surface area contributed by atoms with Gasteiger partial charge in [-0.2, -0.15) is 8.42 Å². The monoisotopic (exact) mass is 270 g/mol. The van der Waals surface area contributed by atoms with E-state index in [0.717, 1.165) is 18.4 Å². The molecule has 1 N–H and O–H groups in total. The van der Waals surface area contributed by atoms with E-state index >= 15 is 0 Å². The molecule has 100 valence electrons. The van der Waals surface area contributed by atoms with Crippen molar-refractivity contribution in [2.75, 3.05) is 13.2 Å². The van der Waals surface area contributed by atoms with E-state index in [0.29, 0.717) is 5.92 Å². The van der Waals surface area contributed by atoms with Crippen LogP contribution in [-0.4, -0.2) is 26.7 Å². The van der Waals surface area contributed by atoms with Gasteiger partial charge < -0.3 is 5.11 Å². The van der Waals surface area contributed by atoms with Gasteiger partial charge in [-0.3, -0.25) is 4.18 Å². The van der Waals surface area contributed by atoms with Gasteiger partial charge >= 0.3 is 0 Å². The third-order valence-corrected chi connectivity index (χ3v) is 4.66. The Morgan fingerprint density at radius 3 is 2.39 bits per heavy atom. The first kappa shape index (κ1) is 13.5. The van der Waals surface area contributed by atoms with Gasteiger partial charge in [-0.1, -0.05) is 17.7 Å². The SMILES string of the molecule is Cc1ccc(S(=O)(=O)OCC2CC(CO)C2)cc1. The van der Waals surface area contributed by atoms with Crippen molar-refractivity contribution >= 4 is 10.1 Å². The Labute approximate surface area is 108 Å². The van der Waals surface area contributed by atoms with Gasteiger partial charge in [0.15, 0.2) is 0 Å². The predicted molar refractivity (Wildman–Crippen MR) is 67.6 cm³/mol. The molecule has 1 aromatic carbocycles. The number of hydrogen-bond donors (Lipinski definition) is 1. The molecule has 18 heavy (non-hydrogen) atoms. The van der Waals surface area contributed by atoms with Crippen LogP contribution in [0.25, 0.3) is 0 Å². The van der Waals surface area contributed by atoms with Gasteiger partial charge in [0.25, 0.3) is 10.1 Å². The molecule has 0 aromatic heterocycles. The fourth-order valence-electron chi connectivity index (χ4n) is 2.12. The van der Waals surface area contributed by atoms with Crippen LogP contribution in [0.2, 0.25) is 0 Å². The molecule has 4 nitrogen and oxygen atoms in total. The second-order valence-corrected chi connectivity index (χ2v) is 6.55. The van der Waals surface area contributed by atoms with Gasteiger partial charge in [0, 0.05) is 6.61 Å². The first-order valence-electron chi connectivity index (χ1n) is 6.08. The first-order valence-corrected chi connectivity index (χ1v) is 7.49. The minimum Gasteiger partial charge on any atom is -0.396 e. The molecule has 0 spiro atoms. The van der Waals surface area contributed by atoms with Crippen LogP contribution in [0.15, 0.2) is 29.2 Å². The summed E-state index contributed by atoms with van der Waals surface area (Å²) in [6.07, 6.45) is 1.69. The molecule has 1 saturated carbocycles. The summed E-state index contributed by atoms with van der Waals surface area (Å²) in [5.74, 6) is 0.572. The van der Waals surface area contributed by atoms with Crippen LogP contribution in [0.3, 0.4) is 0 Å². The molecule has 1 aliphatic rings. The first-order chi connectivity index (χ1) is 8.51. The summed E-state index contributed by atoms with van der Waals surface area (Å²) in [6.45, 7) is 2.30. The molecule has 0 bridgehead atoms. The molecule has 1 aliphatic carbocycles. The predicted octanol–water partition coefficient (Wildman–Crippen LogP) is 1.72. The Kier molecular flexibility index (Phi) is 4.04. The van der Waals surface area contributed by atoms with E-state index in [2.05, 4.69) is 0 Å². The molecular formula is C13H18O4S. The lowest BCUT2D eigenvalue weighted by molar-refractivity contribution is 0.0750. The second-order valence-electron chi connectivity index (χ2n) is 4.94. The maximum Gasteiger partial charge on any atom is 0.296 e. The molecule has 1 fully saturated rings. The van der Waals surface area contributed by atoms with Gasteiger partial charge in [0.2, 0.25) is 0 Å². The maximum atomic E-state index is 11.9. The van der Waals surface area contributed by atoms with Gasteiger partial charge in [0.05, 0.1) is 11.5 Å². The Balaban J connectivity index is 1.90. The van der Waals surface area contributed by atoms with Crippen LogP contribution >= 0.6 is 0 Å². The molecule has 1 aromatic rings. The van der Waals surface area contributed by atoms with Gasteiger partial charge in [-0.25, -0.2) is 0 Å². The van der Waals surface area contributed by atoms with Crippen molar-refractivity contribution in [3.05, 3.63) is 29.8 Å². The third-order valence-electron chi connectivity index (χ3n) is 3.36. The molecule has 0 heterocycles. The van der Waals surface area contributed by atoms with Crippen LogP contribution < -0.4 is 0 Å². The summed E-state index contributed by atoms with van der Waals surface area (Å²) in [5, 5.41) is 8.88. The van der Waals surface area contributed by atoms with Crippen LogP contribution in [0.5, 0.6) is 0 Å². The van der Waals surface area contributed by atoms with Crippen LogP contribution in [-0.2, 0) is 14.3 Å². The number of rotatable bonds is 5. The number of hydrogen-bond acceptors (Lipinski definition) is 4. The molecule has 0 amide bonds. The highest BCUT2D eigenvalue weighted by atomic mass is 32.2. The lowest BCUT2D eigenvalue weighted by atomic mass is 9.76. The van der Waals surface area contributed by atoms with E-state index in [1.165, 1.54) is 0 Å². The summed E-state index contributed by atoms with van der Waals surface area (Å²) >= 11 is 0. The molecule has 0 atom stereocenters. The largest absolute Gasteiger partial charge is 0.396 e. The molecule has 0 saturated heterocycles. The van der Waals surface area contributed by atoms with Crippen LogP contribution in [0.1, 0.15) is 18.4 Å². The highest BCUT2D eigenvalue weighted by molar-refractivity contribution is 7.86. The quantitative estimate of drug-likeness (QED) is 0.827. The maximum absolute atomic E-state index is 11.9. The summed E-state index contributed by atoms with van der Waals surface area (Å²) in [6, 6.07) is 6.62. The smallest absolute Gasteiger partial charge is 0.296 e. The average molecular weight is 270 g/mol. The normalized spacial score (nSPS) is 23.7. The minimum atomic E-state index is -3.64. The van der Waals surface area contributed by atoms with Crippen LogP contribution in [0, 0.1) is 18.8 Å². The Morgan fingerprint density at radius 2 is 1.83 bits per heavy atom. The standard InChI is InChI=1S/C13H18O4S/c1-10-2-4-13(5-3-10)18(15,16)17-9-12-6-11(7-12)8-14/h2-5,11-12,14H,6-9H2,1H3. The summed E-state index contributed by atoms with van der Waals surface area (Å²) in [5.41, 5.74) is 1.01. The molecule has 0 unspecified atom stereocenters. The van der Waals surface area contributed by atoms with Gasteiger partial charge in [-0.05, 0) is 43.7 Å². The van der Waals surface area contributed by atoms with E-state index in [-0.39, 0.29) is 24.0 Å². The summed E-state index contributed by atoms with van der Waals surface area (Å²) in [4.78, 5) is 0.200. The third kappa shape index (κ3) is 3.10. The summed E-state index contributed by atoms with van der Waals surface area (Å²) < 4.78 is 28.8. The Hall–Kier alpha value is -0.910.